The van der Waals surface area contributed by atoms with Crippen LogP contribution in [0.25, 0.3) is 0 Å². The van der Waals surface area contributed by atoms with Crippen molar-refractivity contribution in [1.82, 2.24) is 0 Å². The van der Waals surface area contributed by atoms with Crippen LogP contribution in [0.1, 0.15) is 72.6 Å². The van der Waals surface area contributed by atoms with Gasteiger partial charge in [0.1, 0.15) is 23.6 Å². The Balaban J connectivity index is 1.27. The molecule has 4 saturated carbocycles. The van der Waals surface area contributed by atoms with E-state index in [2.05, 4.69) is 13.8 Å². The molecule has 0 aromatic carbocycles. The zero-order valence-corrected chi connectivity index (χ0v) is 21.3. The van der Waals surface area contributed by atoms with Gasteiger partial charge in [0, 0.05) is 18.4 Å². The fourth-order valence-electron chi connectivity index (χ4n) is 9.99. The average Bonchev–Trinajstić information content (AvgIpc) is 3.46. The number of esters is 1. The molecular weight excluding hydrogens is 448 g/mol. The predicted octanol–water partition coefficient (Wildman–Crippen LogP) is 2.55. The Morgan fingerprint density at radius 2 is 1.83 bits per heavy atom. The molecule has 6 aliphatic rings. The first-order valence-corrected chi connectivity index (χ1v) is 13.6. The zero-order valence-electron chi connectivity index (χ0n) is 21.3. The van der Waals surface area contributed by atoms with E-state index in [1.165, 1.54) is 0 Å². The summed E-state index contributed by atoms with van der Waals surface area (Å²) in [5, 5.41) is 31.1. The van der Waals surface area contributed by atoms with Gasteiger partial charge in [0.15, 0.2) is 0 Å². The highest BCUT2D eigenvalue weighted by molar-refractivity contribution is 5.90. The van der Waals surface area contributed by atoms with Crippen LogP contribution in [-0.4, -0.2) is 63.7 Å². The fourth-order valence-corrected chi connectivity index (χ4v) is 9.99. The Bertz CT molecular complexity index is 990. The van der Waals surface area contributed by atoms with Gasteiger partial charge in [0.25, 0.3) is 0 Å². The summed E-state index contributed by atoms with van der Waals surface area (Å²) in [6.45, 7) is 8.24. The maximum absolute atomic E-state index is 13.4. The van der Waals surface area contributed by atoms with Gasteiger partial charge in [-0.1, -0.05) is 13.8 Å². The third-order valence-electron chi connectivity index (χ3n) is 12.0. The van der Waals surface area contributed by atoms with Gasteiger partial charge in [-0.05, 0) is 86.5 Å². The molecule has 2 heterocycles. The van der Waals surface area contributed by atoms with Crippen LogP contribution in [0.3, 0.4) is 0 Å². The second-order valence-electron chi connectivity index (χ2n) is 13.0. The van der Waals surface area contributed by atoms with Crippen molar-refractivity contribution >= 4 is 11.8 Å². The second kappa shape index (κ2) is 7.62. The Labute approximate surface area is 207 Å². The maximum Gasteiger partial charge on any atom is 0.334 e. The van der Waals surface area contributed by atoms with Gasteiger partial charge in [-0.25, -0.2) is 4.79 Å². The molecule has 12 unspecified atom stereocenters. The average molecular weight is 489 g/mol. The number of epoxide rings is 1. The molecule has 6 rings (SSSR count). The van der Waals surface area contributed by atoms with E-state index < -0.39 is 23.2 Å². The van der Waals surface area contributed by atoms with Crippen LogP contribution in [-0.2, 0) is 19.1 Å². The molecule has 2 aliphatic heterocycles. The molecule has 1 saturated heterocycles. The number of fused-ring (bicyclic) bond motifs is 4. The number of carbonyl (C=O) groups is 2. The minimum Gasteiger partial charge on any atom is -0.458 e. The van der Waals surface area contributed by atoms with Crippen molar-refractivity contribution in [3.05, 3.63) is 11.1 Å². The van der Waals surface area contributed by atoms with Crippen LogP contribution in [0, 0.1) is 40.4 Å². The lowest BCUT2D eigenvalue weighted by molar-refractivity contribution is -0.180. The summed E-state index contributed by atoms with van der Waals surface area (Å²) >= 11 is 0. The van der Waals surface area contributed by atoms with Gasteiger partial charge in [-0.15, -0.1) is 0 Å². The van der Waals surface area contributed by atoms with Gasteiger partial charge in [-0.2, -0.15) is 0 Å². The number of ketones is 1. The van der Waals surface area contributed by atoms with E-state index in [0.717, 1.165) is 37.7 Å². The summed E-state index contributed by atoms with van der Waals surface area (Å²) in [4.78, 5) is 25.9. The first kappa shape index (κ1) is 24.1. The molecule has 0 aromatic rings. The zero-order chi connectivity index (χ0) is 25.1. The molecule has 7 nitrogen and oxygen atoms in total. The van der Waals surface area contributed by atoms with Crippen molar-refractivity contribution in [3.63, 3.8) is 0 Å². The van der Waals surface area contributed by atoms with Crippen LogP contribution < -0.4 is 0 Å². The highest BCUT2D eigenvalue weighted by atomic mass is 16.6. The van der Waals surface area contributed by atoms with Crippen molar-refractivity contribution < 1.29 is 34.4 Å². The van der Waals surface area contributed by atoms with Crippen LogP contribution in [0.5, 0.6) is 0 Å². The highest BCUT2D eigenvalue weighted by Crippen LogP contribution is 2.73. The number of ether oxygens (including phenoxy) is 2. The largest absolute Gasteiger partial charge is 0.458 e. The van der Waals surface area contributed by atoms with Crippen LogP contribution in [0.15, 0.2) is 11.1 Å². The topological polar surface area (TPSA) is 117 Å². The molecule has 5 fully saturated rings. The molecule has 35 heavy (non-hydrogen) atoms. The van der Waals surface area contributed by atoms with E-state index in [4.69, 9.17) is 9.47 Å². The predicted molar refractivity (Wildman–Crippen MR) is 126 cm³/mol. The van der Waals surface area contributed by atoms with Crippen molar-refractivity contribution in [2.24, 2.45) is 40.4 Å². The molecule has 0 amide bonds. The third-order valence-corrected chi connectivity index (χ3v) is 12.0. The summed E-state index contributed by atoms with van der Waals surface area (Å²) in [6, 6.07) is 0. The van der Waals surface area contributed by atoms with Crippen molar-refractivity contribution in [2.45, 2.75) is 103 Å². The Morgan fingerprint density at radius 3 is 2.54 bits per heavy atom. The number of aliphatic hydroxyl groups excluding tert-OH is 3. The lowest BCUT2D eigenvalue weighted by Crippen LogP contribution is -2.68. The smallest absolute Gasteiger partial charge is 0.334 e. The van der Waals surface area contributed by atoms with E-state index in [1.54, 1.807) is 6.92 Å². The first-order chi connectivity index (χ1) is 16.5. The molecule has 1 spiro atoms. The number of aliphatic hydroxyl groups is 3. The number of carbonyl (C=O) groups excluding carboxylic acids is 2. The minimum atomic E-state index is -1.04. The summed E-state index contributed by atoms with van der Waals surface area (Å²) in [5.41, 5.74) is -0.241. The van der Waals surface area contributed by atoms with E-state index in [1.807, 2.05) is 6.92 Å². The number of rotatable bonds is 3. The molecule has 12 atom stereocenters. The summed E-state index contributed by atoms with van der Waals surface area (Å²) < 4.78 is 12.1. The molecule has 3 N–H and O–H groups in total. The highest BCUT2D eigenvalue weighted by Gasteiger charge is 2.82. The second-order valence-corrected chi connectivity index (χ2v) is 13.0. The van der Waals surface area contributed by atoms with E-state index in [9.17, 15) is 24.9 Å². The molecule has 4 aliphatic carbocycles. The fraction of sp³-hybridized carbons (Fsp3) is 0.857. The standard InChI is InChI=1S/C28H40O7/c1-13-15(12-29)9-21(34-25(13)33)14(2)17-5-6-18-16-10-23-28(35-23)24(32)20(30)11-22(31)27(28,4)19(16)7-8-26(17,18)3/h14,16-21,23-24,29-30,32H,5-12H2,1-4H3. The Morgan fingerprint density at radius 1 is 1.09 bits per heavy atom. The quantitative estimate of drug-likeness (QED) is 0.413. The summed E-state index contributed by atoms with van der Waals surface area (Å²) in [7, 11) is 0. The van der Waals surface area contributed by atoms with Crippen LogP contribution in [0.4, 0.5) is 0 Å². The summed E-state index contributed by atoms with van der Waals surface area (Å²) in [6.07, 6.45) is 3.09. The molecule has 0 aromatic heterocycles. The molecule has 0 radical (unpaired) electrons. The molecule has 194 valence electrons. The number of Topliss-reactive ketones (excluding diaryl/α,β-unsaturated/α-hetero) is 1. The van der Waals surface area contributed by atoms with Gasteiger partial charge >= 0.3 is 5.97 Å². The monoisotopic (exact) mass is 488 g/mol. The van der Waals surface area contributed by atoms with Gasteiger partial charge < -0.3 is 24.8 Å². The Kier molecular flexibility index (Phi) is 5.24. The number of hydrogen-bond donors (Lipinski definition) is 3. The SMILES string of the molecule is CC1=C(CO)CC(C(C)C2CCC3C4CC5OC56C(O)C(O)CC(=O)C6(C)C4CCC23C)OC1=O. The summed E-state index contributed by atoms with van der Waals surface area (Å²) in [5.74, 6) is 1.29. The van der Waals surface area contributed by atoms with E-state index in [0.29, 0.717) is 29.7 Å². The number of hydrogen-bond acceptors (Lipinski definition) is 7. The molecule has 7 heteroatoms. The lowest BCUT2D eigenvalue weighted by Gasteiger charge is -2.59. The van der Waals surface area contributed by atoms with Crippen molar-refractivity contribution in [2.75, 3.05) is 6.61 Å². The van der Waals surface area contributed by atoms with Crippen LogP contribution >= 0.6 is 0 Å². The normalized spacial score (nSPS) is 53.8. The van der Waals surface area contributed by atoms with Crippen molar-refractivity contribution in [3.8, 4) is 0 Å². The third kappa shape index (κ3) is 2.87. The van der Waals surface area contributed by atoms with Gasteiger partial charge in [0.2, 0.25) is 0 Å². The van der Waals surface area contributed by atoms with Gasteiger partial charge in [0.05, 0.1) is 24.2 Å². The Hall–Kier alpha value is -1.28. The van der Waals surface area contributed by atoms with E-state index in [-0.39, 0.29) is 54.2 Å². The molecular formula is C28H40O7. The van der Waals surface area contributed by atoms with E-state index >= 15 is 0 Å². The molecule has 0 bridgehead atoms. The first-order valence-electron chi connectivity index (χ1n) is 13.6. The number of cyclic esters (lactones) is 1. The maximum atomic E-state index is 13.4. The lowest BCUT2D eigenvalue weighted by atomic mass is 9.43. The van der Waals surface area contributed by atoms with Crippen molar-refractivity contribution in [1.29, 1.82) is 0 Å². The van der Waals surface area contributed by atoms with Gasteiger partial charge in [-0.3, -0.25) is 4.79 Å². The minimum absolute atomic E-state index is 0.00742. The van der Waals surface area contributed by atoms with Crippen LogP contribution in [0.2, 0.25) is 0 Å².